The van der Waals surface area contributed by atoms with Crippen LogP contribution in [0.25, 0.3) is 10.9 Å². The second-order valence-corrected chi connectivity index (χ2v) is 8.19. The van der Waals surface area contributed by atoms with Crippen LogP contribution in [-0.4, -0.2) is 50.2 Å². The van der Waals surface area contributed by atoms with Crippen molar-refractivity contribution in [2.45, 2.75) is 45.7 Å². The van der Waals surface area contributed by atoms with Crippen molar-refractivity contribution >= 4 is 16.8 Å². The van der Waals surface area contributed by atoms with Crippen LogP contribution in [0.2, 0.25) is 0 Å². The van der Waals surface area contributed by atoms with Crippen molar-refractivity contribution in [2.24, 2.45) is 0 Å². The standard InChI is InChI=1S/C22H26N6O/c1-14-3-4-19-17(11-14)12-18(15(2)24-19)22(29)27-8-5-16(6-9-27)21-26-25-20-13-23-7-10-28(20)21/h3-4,11-12,16,23H,5-10,13H2,1-2H3. The summed E-state index contributed by atoms with van der Waals surface area (Å²) in [7, 11) is 0. The van der Waals surface area contributed by atoms with Gasteiger partial charge in [0, 0.05) is 37.5 Å². The predicted molar refractivity (Wildman–Crippen MR) is 111 cm³/mol. The number of pyridine rings is 1. The topological polar surface area (TPSA) is 75.9 Å². The Morgan fingerprint density at radius 3 is 2.76 bits per heavy atom. The van der Waals surface area contributed by atoms with Gasteiger partial charge in [-0.2, -0.15) is 0 Å². The SMILES string of the molecule is Cc1ccc2nc(C)c(C(=O)N3CCC(c4nnc5n4CCNC5)CC3)cc2c1. The molecule has 2 aliphatic rings. The van der Waals surface area contributed by atoms with Crippen molar-refractivity contribution in [3.63, 3.8) is 0 Å². The van der Waals surface area contributed by atoms with E-state index in [1.807, 2.05) is 24.0 Å². The lowest BCUT2D eigenvalue weighted by Gasteiger charge is -2.32. The van der Waals surface area contributed by atoms with Crippen molar-refractivity contribution in [1.29, 1.82) is 0 Å². The number of nitrogens with zero attached hydrogens (tertiary/aromatic N) is 5. The number of hydrogen-bond donors (Lipinski definition) is 1. The molecule has 0 atom stereocenters. The largest absolute Gasteiger partial charge is 0.339 e. The zero-order chi connectivity index (χ0) is 20.0. The summed E-state index contributed by atoms with van der Waals surface area (Å²) in [4.78, 5) is 19.9. The molecule has 2 aromatic heterocycles. The normalized spacial score (nSPS) is 17.5. The quantitative estimate of drug-likeness (QED) is 0.728. The van der Waals surface area contributed by atoms with Crippen molar-refractivity contribution < 1.29 is 4.79 Å². The van der Waals surface area contributed by atoms with Gasteiger partial charge in [-0.25, -0.2) is 0 Å². The highest BCUT2D eigenvalue weighted by atomic mass is 16.2. The maximum Gasteiger partial charge on any atom is 0.255 e. The second kappa shape index (κ2) is 7.22. The molecule has 3 aromatic rings. The minimum atomic E-state index is 0.0873. The Bertz CT molecular complexity index is 1080. The fourth-order valence-corrected chi connectivity index (χ4v) is 4.54. The molecular weight excluding hydrogens is 364 g/mol. The monoisotopic (exact) mass is 390 g/mol. The van der Waals surface area contributed by atoms with Gasteiger partial charge in [-0.3, -0.25) is 9.78 Å². The molecule has 0 unspecified atom stereocenters. The molecule has 1 saturated heterocycles. The molecule has 0 aliphatic carbocycles. The number of carbonyl (C=O) groups is 1. The number of amides is 1. The zero-order valence-electron chi connectivity index (χ0n) is 17.0. The van der Waals surface area contributed by atoms with E-state index in [4.69, 9.17) is 0 Å². The van der Waals surface area contributed by atoms with Crippen LogP contribution in [0.5, 0.6) is 0 Å². The number of aromatic nitrogens is 4. The Labute approximate surface area is 170 Å². The molecule has 1 amide bonds. The molecule has 5 rings (SSSR count). The van der Waals surface area contributed by atoms with E-state index in [1.54, 1.807) is 0 Å². The third-order valence-electron chi connectivity index (χ3n) is 6.19. The fraction of sp³-hybridized carbons (Fsp3) is 0.455. The van der Waals surface area contributed by atoms with Gasteiger partial charge >= 0.3 is 0 Å². The molecule has 0 spiro atoms. The smallest absolute Gasteiger partial charge is 0.255 e. The van der Waals surface area contributed by atoms with Crippen LogP contribution < -0.4 is 5.32 Å². The first-order chi connectivity index (χ1) is 14.1. The first kappa shape index (κ1) is 18.2. The average molecular weight is 390 g/mol. The van der Waals surface area contributed by atoms with E-state index in [0.717, 1.165) is 73.8 Å². The molecular formula is C22H26N6O. The first-order valence-electron chi connectivity index (χ1n) is 10.4. The second-order valence-electron chi connectivity index (χ2n) is 8.19. The highest BCUT2D eigenvalue weighted by molar-refractivity contribution is 5.98. The van der Waals surface area contributed by atoms with Crippen LogP contribution in [0, 0.1) is 13.8 Å². The molecule has 0 bridgehead atoms. The van der Waals surface area contributed by atoms with Crippen molar-refractivity contribution in [1.82, 2.24) is 30.0 Å². The Kier molecular flexibility index (Phi) is 4.54. The van der Waals surface area contributed by atoms with Crippen LogP contribution >= 0.6 is 0 Å². The maximum atomic E-state index is 13.2. The Morgan fingerprint density at radius 2 is 1.93 bits per heavy atom. The van der Waals surface area contributed by atoms with E-state index in [9.17, 15) is 4.79 Å². The van der Waals surface area contributed by atoms with Crippen LogP contribution in [0.3, 0.4) is 0 Å². The molecule has 1 N–H and O–H groups in total. The van der Waals surface area contributed by atoms with Gasteiger partial charge in [0.25, 0.3) is 5.91 Å². The van der Waals surface area contributed by atoms with Gasteiger partial charge in [-0.1, -0.05) is 11.6 Å². The van der Waals surface area contributed by atoms with Gasteiger partial charge in [0.15, 0.2) is 0 Å². The van der Waals surface area contributed by atoms with Gasteiger partial charge < -0.3 is 14.8 Å². The van der Waals surface area contributed by atoms with Crippen LogP contribution in [-0.2, 0) is 13.1 Å². The lowest BCUT2D eigenvalue weighted by molar-refractivity contribution is 0.0709. The minimum Gasteiger partial charge on any atom is -0.339 e. The van der Waals surface area contributed by atoms with E-state index in [0.29, 0.717) is 11.5 Å². The van der Waals surface area contributed by atoms with Gasteiger partial charge in [0.1, 0.15) is 11.6 Å². The number of piperidine rings is 1. The molecule has 7 heteroatoms. The molecule has 7 nitrogen and oxygen atoms in total. The van der Waals surface area contributed by atoms with Gasteiger partial charge in [-0.05, 0) is 44.9 Å². The Morgan fingerprint density at radius 1 is 1.10 bits per heavy atom. The van der Waals surface area contributed by atoms with Crippen molar-refractivity contribution in [3.8, 4) is 0 Å². The van der Waals surface area contributed by atoms with Gasteiger partial charge in [-0.15, -0.1) is 10.2 Å². The number of nitrogens with one attached hydrogen (secondary N) is 1. The third-order valence-corrected chi connectivity index (χ3v) is 6.19. The summed E-state index contributed by atoms with van der Waals surface area (Å²) in [6, 6.07) is 8.17. The summed E-state index contributed by atoms with van der Waals surface area (Å²) in [6.45, 7) is 8.16. The summed E-state index contributed by atoms with van der Waals surface area (Å²) in [5.74, 6) is 2.58. The molecule has 29 heavy (non-hydrogen) atoms. The first-order valence-corrected chi connectivity index (χ1v) is 10.4. The van der Waals surface area contributed by atoms with E-state index in [-0.39, 0.29) is 5.91 Å². The maximum absolute atomic E-state index is 13.2. The van der Waals surface area contributed by atoms with E-state index in [2.05, 4.69) is 44.1 Å². The van der Waals surface area contributed by atoms with Crippen molar-refractivity contribution in [2.75, 3.05) is 19.6 Å². The summed E-state index contributed by atoms with van der Waals surface area (Å²) < 4.78 is 2.26. The van der Waals surface area contributed by atoms with E-state index in [1.165, 1.54) is 5.56 Å². The highest BCUT2D eigenvalue weighted by Gasteiger charge is 2.29. The zero-order valence-corrected chi connectivity index (χ0v) is 17.0. The minimum absolute atomic E-state index is 0.0873. The van der Waals surface area contributed by atoms with Crippen molar-refractivity contribution in [3.05, 3.63) is 52.7 Å². The van der Waals surface area contributed by atoms with Gasteiger partial charge in [0.05, 0.1) is 23.3 Å². The number of benzene rings is 1. The Balaban J connectivity index is 1.33. The van der Waals surface area contributed by atoms with Crippen LogP contribution in [0.15, 0.2) is 24.3 Å². The number of carbonyl (C=O) groups excluding carboxylic acids is 1. The Hall–Kier alpha value is -2.80. The molecule has 1 aromatic carbocycles. The van der Waals surface area contributed by atoms with E-state index >= 15 is 0 Å². The summed E-state index contributed by atoms with van der Waals surface area (Å²) in [6.07, 6.45) is 1.85. The van der Waals surface area contributed by atoms with Crippen LogP contribution in [0.4, 0.5) is 0 Å². The number of fused-ring (bicyclic) bond motifs is 2. The predicted octanol–water partition coefficient (Wildman–Crippen LogP) is 2.57. The fourth-order valence-electron chi connectivity index (χ4n) is 4.54. The van der Waals surface area contributed by atoms with Crippen LogP contribution in [0.1, 0.15) is 52.0 Å². The highest BCUT2D eigenvalue weighted by Crippen LogP contribution is 2.29. The molecule has 4 heterocycles. The number of hydrogen-bond acceptors (Lipinski definition) is 5. The molecule has 150 valence electrons. The summed E-state index contributed by atoms with van der Waals surface area (Å²) >= 11 is 0. The number of aryl methyl sites for hydroxylation is 2. The molecule has 2 aliphatic heterocycles. The molecule has 0 saturated carbocycles. The summed E-state index contributed by atoms with van der Waals surface area (Å²) in [5.41, 5.74) is 3.63. The number of rotatable bonds is 2. The number of likely N-dealkylation sites (tertiary alicyclic amines) is 1. The molecule has 0 radical (unpaired) electrons. The third kappa shape index (κ3) is 3.29. The average Bonchev–Trinajstić information content (AvgIpc) is 3.17. The molecule has 1 fully saturated rings. The van der Waals surface area contributed by atoms with E-state index < -0.39 is 0 Å². The lowest BCUT2D eigenvalue weighted by atomic mass is 9.95. The summed E-state index contributed by atoms with van der Waals surface area (Å²) in [5, 5.41) is 13.2. The van der Waals surface area contributed by atoms with Gasteiger partial charge in [0.2, 0.25) is 0 Å². The lowest BCUT2D eigenvalue weighted by Crippen LogP contribution is -2.39.